The van der Waals surface area contributed by atoms with E-state index in [1.54, 1.807) is 7.11 Å². The summed E-state index contributed by atoms with van der Waals surface area (Å²) in [6, 6.07) is 11.5. The molecule has 346 valence electrons. The van der Waals surface area contributed by atoms with Crippen molar-refractivity contribution in [2.75, 3.05) is 44.8 Å². The number of ketones is 2. The van der Waals surface area contributed by atoms with Gasteiger partial charge in [0.15, 0.2) is 5.25 Å². The Morgan fingerprint density at radius 2 is 1.08 bits per heavy atom. The number of methoxy groups -OCH3 is 1. The van der Waals surface area contributed by atoms with Crippen LogP contribution in [-0.4, -0.2) is 66.9 Å². The molecule has 3 atom stereocenters. The number of carbonyl (C=O) groups excluding carboxylic acids is 2. The first-order valence-corrected chi connectivity index (χ1v) is 27.2. The number of rotatable bonds is 18. The van der Waals surface area contributed by atoms with Gasteiger partial charge in [-0.05, 0) is 76.9 Å². The first-order chi connectivity index (χ1) is 26.7. The number of unbranched alkanes of at least 4 members (excludes halogenated alkanes) is 10. The maximum atomic E-state index is 12.7. The Hall–Kier alpha value is -2.10. The summed E-state index contributed by atoms with van der Waals surface area (Å²) < 4.78 is 135. The van der Waals surface area contributed by atoms with Crippen LogP contribution in [0.25, 0.3) is 0 Å². The second kappa shape index (κ2) is 21.3. The van der Waals surface area contributed by atoms with Crippen LogP contribution in [0.1, 0.15) is 117 Å². The van der Waals surface area contributed by atoms with Crippen LogP contribution in [0.3, 0.4) is 0 Å². The number of halogens is 12. The van der Waals surface area contributed by atoms with E-state index in [0.29, 0.717) is 23.7 Å². The van der Waals surface area contributed by atoms with Crippen molar-refractivity contribution in [2.24, 2.45) is 0 Å². The molecule has 1 heterocycles. The van der Waals surface area contributed by atoms with E-state index in [2.05, 4.69) is 38.7 Å². The zero-order valence-electron chi connectivity index (χ0n) is 34.2. The first kappa shape index (κ1) is 54.9. The molecule has 0 fully saturated rings. The van der Waals surface area contributed by atoms with Crippen molar-refractivity contribution >= 4 is 49.0 Å². The van der Waals surface area contributed by atoms with Crippen LogP contribution in [0, 0.1) is 0 Å². The van der Waals surface area contributed by atoms with Gasteiger partial charge in [-0.2, -0.15) is 0 Å². The summed E-state index contributed by atoms with van der Waals surface area (Å²) in [6.45, 7) is 5.78. The molecular weight excluding hydrogens is 890 g/mol. The fraction of sp³-hybridized carbons (Fsp3) is 0.632. The number of benzene rings is 2. The second-order valence-corrected chi connectivity index (χ2v) is 23.0. The van der Waals surface area contributed by atoms with Gasteiger partial charge in [-0.3, -0.25) is 9.59 Å². The van der Waals surface area contributed by atoms with Crippen LogP contribution in [-0.2, 0) is 28.2 Å². The van der Waals surface area contributed by atoms with E-state index in [9.17, 15) is 60.0 Å². The van der Waals surface area contributed by atoms with Gasteiger partial charge in [-0.25, -0.2) is 0 Å². The summed E-state index contributed by atoms with van der Waals surface area (Å²) in [6.07, 6.45) is 22.9. The number of hydrogen-bond acceptors (Lipinski definition) is 5. The summed E-state index contributed by atoms with van der Waals surface area (Å²) in [4.78, 5) is 25.0. The van der Waals surface area contributed by atoms with Crippen molar-refractivity contribution in [1.29, 1.82) is 0 Å². The average Bonchev–Trinajstić information content (AvgIpc) is 3.42. The van der Waals surface area contributed by atoms with Gasteiger partial charge < -0.3 is 14.2 Å². The van der Waals surface area contributed by atoms with Crippen molar-refractivity contribution in [3.63, 3.8) is 0 Å². The Morgan fingerprint density at radius 1 is 0.627 bits per heavy atom. The van der Waals surface area contributed by atoms with Gasteiger partial charge in [-0.15, -0.1) is 0 Å². The summed E-state index contributed by atoms with van der Waals surface area (Å²) in [5.41, 5.74) is 2.80. The molecule has 2 aromatic rings. The molecule has 0 spiro atoms. The van der Waals surface area contributed by atoms with Crippen LogP contribution >= 0.6 is 15.6 Å². The molecule has 2 aromatic carbocycles. The molecular formula is C38H58F12O5P2S2. The van der Waals surface area contributed by atoms with Crippen LogP contribution in [0.4, 0.5) is 50.4 Å². The molecule has 59 heavy (non-hydrogen) atoms. The zero-order valence-corrected chi connectivity index (χ0v) is 37.6. The molecule has 0 aromatic heterocycles. The van der Waals surface area contributed by atoms with Gasteiger partial charge in [0.2, 0.25) is 16.8 Å². The average molecular weight is 949 g/mol. The molecule has 1 aliphatic carbocycles. The van der Waals surface area contributed by atoms with E-state index in [-0.39, 0.29) is 38.1 Å². The van der Waals surface area contributed by atoms with Gasteiger partial charge in [0.05, 0.1) is 38.0 Å². The summed E-state index contributed by atoms with van der Waals surface area (Å²) in [5.74, 6) is 4.03. The SMILES string of the molecule is CCCCCCCCOc1ccc2c(c1)CC([S+](C)C)C2=O.CCCCCCCC[S+](C)C1COc2cc(OC)ccc2C1=O.F[P-](F)(F)(F)(F)F.F[P-](F)(F)(F)(F)F. The maximum absolute atomic E-state index is 12.7. The fourth-order valence-corrected chi connectivity index (χ4v) is 8.71. The summed E-state index contributed by atoms with van der Waals surface area (Å²) in [5, 5.41) is 0.204. The molecule has 0 amide bonds. The van der Waals surface area contributed by atoms with E-state index in [4.69, 9.17) is 14.2 Å². The van der Waals surface area contributed by atoms with E-state index in [0.717, 1.165) is 42.3 Å². The van der Waals surface area contributed by atoms with E-state index in [1.165, 1.54) is 76.2 Å². The van der Waals surface area contributed by atoms with Crippen molar-refractivity contribution in [3.8, 4) is 17.2 Å². The molecule has 0 radical (unpaired) electrons. The third-order valence-corrected chi connectivity index (χ3v) is 12.6. The molecule has 0 saturated heterocycles. The predicted molar refractivity (Wildman–Crippen MR) is 222 cm³/mol. The Bertz CT molecular complexity index is 1600. The van der Waals surface area contributed by atoms with Gasteiger partial charge in [0.25, 0.3) is 0 Å². The Kier molecular flexibility index (Phi) is 19.8. The molecule has 3 unspecified atom stereocenters. The molecule has 1 aliphatic heterocycles. The van der Waals surface area contributed by atoms with Crippen molar-refractivity contribution in [3.05, 3.63) is 53.1 Å². The van der Waals surface area contributed by atoms with Gasteiger partial charge in [0.1, 0.15) is 29.6 Å². The molecule has 0 N–H and O–H groups in total. The minimum absolute atomic E-state index is 0.0199. The number of ether oxygens (including phenoxy) is 3. The summed E-state index contributed by atoms with van der Waals surface area (Å²) >= 11 is 0. The molecule has 5 nitrogen and oxygen atoms in total. The Morgan fingerprint density at radius 3 is 1.59 bits per heavy atom. The zero-order chi connectivity index (χ0) is 45.4. The summed E-state index contributed by atoms with van der Waals surface area (Å²) in [7, 11) is -19.5. The third kappa shape index (κ3) is 28.2. The second-order valence-electron chi connectivity index (χ2n) is 14.5. The molecule has 0 saturated carbocycles. The molecule has 0 bridgehead atoms. The predicted octanol–water partition coefficient (Wildman–Crippen LogP) is 15.4. The molecule has 2 aliphatic rings. The number of hydrogen-bond donors (Lipinski definition) is 0. The van der Waals surface area contributed by atoms with Crippen molar-refractivity contribution in [2.45, 2.75) is 108 Å². The standard InChI is InChI=1S/C19H29O3S.C19H29O2S.2F6P/c1-4-5-6-7-8-9-12-23(3)18-14-22-17-13-15(21-2)10-11-16(17)19(18)20;1-4-5-6-7-8-9-12-21-16-10-11-17-15(13-16)14-18(19(17)20)22(2)3;2*1-7(2,3,4,5)6/h10-11,13,18H,4-9,12,14H2,1-3H3;10-11,13,18H,4-9,12,14H2,1-3H3;;/q2*+1;2*-1. The quantitative estimate of drug-likeness (QED) is 0.0645. The van der Waals surface area contributed by atoms with Crippen LogP contribution in [0.2, 0.25) is 0 Å². The number of Topliss-reactive ketones (excluding diaryl/α,β-unsaturated/α-hetero) is 2. The van der Waals surface area contributed by atoms with Gasteiger partial charge in [0, 0.05) is 18.1 Å². The van der Waals surface area contributed by atoms with E-state index in [1.807, 2.05) is 30.3 Å². The first-order valence-electron chi connectivity index (χ1n) is 19.2. The third-order valence-electron chi connectivity index (χ3n) is 8.82. The monoisotopic (exact) mass is 948 g/mol. The van der Waals surface area contributed by atoms with Crippen molar-refractivity contribution in [1.82, 2.24) is 0 Å². The number of carbonyl (C=O) groups is 2. The molecule has 4 rings (SSSR count). The minimum atomic E-state index is -10.7. The van der Waals surface area contributed by atoms with Gasteiger partial charge >= 0.3 is 66.0 Å². The van der Waals surface area contributed by atoms with Crippen LogP contribution in [0.15, 0.2) is 36.4 Å². The van der Waals surface area contributed by atoms with E-state index < -0.39 is 15.6 Å². The fourth-order valence-electron chi connectivity index (χ4n) is 5.91. The Labute approximate surface area is 345 Å². The van der Waals surface area contributed by atoms with Gasteiger partial charge in [-0.1, -0.05) is 71.6 Å². The normalized spacial score (nSPS) is 19.0. The Balaban J connectivity index is 0.000000448. The van der Waals surface area contributed by atoms with Crippen molar-refractivity contribution < 1.29 is 74.2 Å². The number of fused-ring (bicyclic) bond motifs is 2. The van der Waals surface area contributed by atoms with E-state index >= 15 is 0 Å². The van der Waals surface area contributed by atoms with Crippen LogP contribution < -0.4 is 14.2 Å². The van der Waals surface area contributed by atoms with Crippen LogP contribution in [0.5, 0.6) is 17.2 Å². The molecule has 21 heteroatoms. The topological polar surface area (TPSA) is 61.8 Å².